The highest BCUT2D eigenvalue weighted by molar-refractivity contribution is 5.90. The van der Waals surface area contributed by atoms with E-state index in [-0.39, 0.29) is 0 Å². The highest BCUT2D eigenvalue weighted by Crippen LogP contribution is 2.06. The molecule has 6 nitrogen and oxygen atoms in total. The Morgan fingerprint density at radius 2 is 1.81 bits per heavy atom. The molecule has 16 heavy (non-hydrogen) atoms. The second-order valence-electron chi connectivity index (χ2n) is 4.67. The highest BCUT2D eigenvalue weighted by atomic mass is 16.6. The molecule has 1 aliphatic rings. The zero-order valence-corrected chi connectivity index (χ0v) is 10.0. The SMILES string of the molecule is CC(C)(C)OC(=O)NC(=O)N1CCNCC1. The fraction of sp³-hybridized carbons (Fsp3) is 0.800. The van der Waals surface area contributed by atoms with E-state index in [1.165, 1.54) is 0 Å². The summed E-state index contributed by atoms with van der Waals surface area (Å²) in [5.41, 5.74) is -0.589. The minimum absolute atomic E-state index is 0.393. The van der Waals surface area contributed by atoms with Gasteiger partial charge in [-0.25, -0.2) is 14.9 Å². The lowest BCUT2D eigenvalue weighted by Crippen LogP contribution is -2.52. The van der Waals surface area contributed by atoms with Gasteiger partial charge in [0.25, 0.3) is 0 Å². The number of urea groups is 1. The number of rotatable bonds is 0. The molecule has 0 unspecified atom stereocenters. The summed E-state index contributed by atoms with van der Waals surface area (Å²) in [6.07, 6.45) is -0.698. The zero-order chi connectivity index (χ0) is 12.2. The van der Waals surface area contributed by atoms with Gasteiger partial charge in [0.1, 0.15) is 5.60 Å². The molecular formula is C10H19N3O3. The number of ether oxygens (including phenoxy) is 1. The summed E-state index contributed by atoms with van der Waals surface area (Å²) in [6.45, 7) is 7.97. The predicted molar refractivity (Wildman–Crippen MR) is 59.2 cm³/mol. The number of hydrogen-bond acceptors (Lipinski definition) is 4. The van der Waals surface area contributed by atoms with E-state index >= 15 is 0 Å². The lowest BCUT2D eigenvalue weighted by molar-refractivity contribution is 0.0533. The minimum Gasteiger partial charge on any atom is -0.443 e. The molecule has 92 valence electrons. The van der Waals surface area contributed by atoms with Crippen molar-refractivity contribution in [3.05, 3.63) is 0 Å². The topological polar surface area (TPSA) is 70.7 Å². The van der Waals surface area contributed by atoms with Crippen molar-refractivity contribution in [2.24, 2.45) is 0 Å². The van der Waals surface area contributed by atoms with Crippen molar-refractivity contribution in [2.45, 2.75) is 26.4 Å². The Morgan fingerprint density at radius 1 is 1.25 bits per heavy atom. The molecule has 2 N–H and O–H groups in total. The predicted octanol–water partition coefficient (Wildman–Crippen LogP) is 0.536. The quantitative estimate of drug-likeness (QED) is 0.636. The van der Waals surface area contributed by atoms with E-state index in [4.69, 9.17) is 4.74 Å². The van der Waals surface area contributed by atoms with E-state index in [0.29, 0.717) is 13.1 Å². The van der Waals surface area contributed by atoms with Crippen LogP contribution in [0.2, 0.25) is 0 Å². The number of hydrogen-bond donors (Lipinski definition) is 2. The third kappa shape index (κ3) is 4.48. The molecule has 1 aliphatic heterocycles. The van der Waals surface area contributed by atoms with Crippen LogP contribution in [0, 0.1) is 0 Å². The second kappa shape index (κ2) is 5.16. The average Bonchev–Trinajstić information content (AvgIpc) is 2.16. The van der Waals surface area contributed by atoms with Crippen molar-refractivity contribution in [3.63, 3.8) is 0 Å². The van der Waals surface area contributed by atoms with Crippen LogP contribution in [0.5, 0.6) is 0 Å². The van der Waals surface area contributed by atoms with E-state index in [2.05, 4.69) is 10.6 Å². The molecule has 0 aromatic carbocycles. The molecule has 1 fully saturated rings. The zero-order valence-electron chi connectivity index (χ0n) is 10.0. The Bertz CT molecular complexity index is 267. The Kier molecular flexibility index (Phi) is 4.12. The summed E-state index contributed by atoms with van der Waals surface area (Å²) in [5.74, 6) is 0. The van der Waals surface area contributed by atoms with Gasteiger partial charge < -0.3 is 15.0 Å². The standard InChI is InChI=1S/C10H19N3O3/c1-10(2,3)16-9(15)12-8(14)13-6-4-11-5-7-13/h11H,4-7H2,1-3H3,(H,12,14,15). The van der Waals surface area contributed by atoms with Gasteiger partial charge >= 0.3 is 12.1 Å². The maximum atomic E-state index is 11.6. The molecule has 6 heteroatoms. The first-order valence-corrected chi connectivity index (χ1v) is 5.38. The smallest absolute Gasteiger partial charge is 0.415 e. The number of carbonyl (C=O) groups is 2. The van der Waals surface area contributed by atoms with Crippen LogP contribution in [0.1, 0.15) is 20.8 Å². The van der Waals surface area contributed by atoms with Gasteiger partial charge in [0.05, 0.1) is 0 Å². The molecule has 0 spiro atoms. The van der Waals surface area contributed by atoms with Crippen LogP contribution in [0.15, 0.2) is 0 Å². The summed E-state index contributed by atoms with van der Waals surface area (Å²) >= 11 is 0. The fourth-order valence-corrected chi connectivity index (χ4v) is 1.34. The van der Waals surface area contributed by atoms with Crippen LogP contribution in [0.3, 0.4) is 0 Å². The van der Waals surface area contributed by atoms with Crippen LogP contribution in [-0.2, 0) is 4.74 Å². The number of imide groups is 1. The van der Waals surface area contributed by atoms with Gasteiger partial charge in [-0.05, 0) is 20.8 Å². The van der Waals surface area contributed by atoms with Gasteiger partial charge in [-0.15, -0.1) is 0 Å². The van der Waals surface area contributed by atoms with E-state index in [0.717, 1.165) is 13.1 Å². The van der Waals surface area contributed by atoms with E-state index in [9.17, 15) is 9.59 Å². The maximum absolute atomic E-state index is 11.6. The lowest BCUT2D eigenvalue weighted by Gasteiger charge is -2.27. The summed E-state index contributed by atoms with van der Waals surface area (Å²) < 4.78 is 4.99. The molecule has 0 aliphatic carbocycles. The number of alkyl carbamates (subject to hydrolysis) is 1. The van der Waals surface area contributed by atoms with Crippen LogP contribution in [0.4, 0.5) is 9.59 Å². The van der Waals surface area contributed by atoms with Crippen molar-refractivity contribution in [2.75, 3.05) is 26.2 Å². The summed E-state index contributed by atoms with van der Waals surface area (Å²) in [6, 6.07) is -0.393. The molecule has 3 amide bonds. The normalized spacial score (nSPS) is 16.8. The van der Waals surface area contributed by atoms with Gasteiger partial charge in [0, 0.05) is 26.2 Å². The third-order valence-corrected chi connectivity index (χ3v) is 2.01. The van der Waals surface area contributed by atoms with Gasteiger partial charge in [-0.1, -0.05) is 0 Å². The largest absolute Gasteiger partial charge is 0.443 e. The molecule has 0 radical (unpaired) electrons. The van der Waals surface area contributed by atoms with E-state index in [1.54, 1.807) is 25.7 Å². The van der Waals surface area contributed by atoms with Crippen LogP contribution >= 0.6 is 0 Å². The minimum atomic E-state index is -0.698. The van der Waals surface area contributed by atoms with Crippen molar-refractivity contribution in [1.29, 1.82) is 0 Å². The summed E-state index contributed by atoms with van der Waals surface area (Å²) in [7, 11) is 0. The Labute approximate surface area is 95.3 Å². The van der Waals surface area contributed by atoms with Gasteiger partial charge in [0.2, 0.25) is 0 Å². The fourth-order valence-electron chi connectivity index (χ4n) is 1.34. The van der Waals surface area contributed by atoms with Crippen molar-refractivity contribution in [1.82, 2.24) is 15.5 Å². The maximum Gasteiger partial charge on any atom is 0.415 e. The van der Waals surface area contributed by atoms with Gasteiger partial charge in [-0.3, -0.25) is 0 Å². The lowest BCUT2D eigenvalue weighted by atomic mass is 10.2. The molecular weight excluding hydrogens is 210 g/mol. The Hall–Kier alpha value is -1.30. The van der Waals surface area contributed by atoms with Crippen molar-refractivity contribution in [3.8, 4) is 0 Å². The van der Waals surface area contributed by atoms with E-state index in [1.807, 2.05) is 0 Å². The first-order valence-electron chi connectivity index (χ1n) is 5.38. The summed E-state index contributed by atoms with van der Waals surface area (Å²) in [4.78, 5) is 24.5. The van der Waals surface area contributed by atoms with Gasteiger partial charge in [-0.2, -0.15) is 0 Å². The Morgan fingerprint density at radius 3 is 2.31 bits per heavy atom. The first kappa shape index (κ1) is 12.8. The number of piperazine rings is 1. The molecule has 0 aromatic rings. The van der Waals surface area contributed by atoms with Crippen LogP contribution in [-0.4, -0.2) is 48.8 Å². The molecule has 0 aromatic heterocycles. The third-order valence-electron chi connectivity index (χ3n) is 2.01. The number of carbonyl (C=O) groups excluding carboxylic acids is 2. The second-order valence-corrected chi connectivity index (χ2v) is 4.67. The molecule has 1 rings (SSSR count). The molecule has 0 saturated carbocycles. The first-order chi connectivity index (χ1) is 7.38. The monoisotopic (exact) mass is 229 g/mol. The average molecular weight is 229 g/mol. The summed E-state index contributed by atoms with van der Waals surface area (Å²) in [5, 5.41) is 5.33. The number of nitrogens with one attached hydrogen (secondary N) is 2. The van der Waals surface area contributed by atoms with Crippen LogP contribution < -0.4 is 10.6 Å². The highest BCUT2D eigenvalue weighted by Gasteiger charge is 2.22. The van der Waals surface area contributed by atoms with Gasteiger partial charge in [0.15, 0.2) is 0 Å². The Balaban J connectivity index is 2.35. The number of amides is 3. The van der Waals surface area contributed by atoms with E-state index < -0.39 is 17.7 Å². The molecule has 1 heterocycles. The molecule has 0 bridgehead atoms. The molecule has 1 saturated heterocycles. The van der Waals surface area contributed by atoms with Crippen LogP contribution in [0.25, 0.3) is 0 Å². The van der Waals surface area contributed by atoms with Crippen molar-refractivity contribution < 1.29 is 14.3 Å². The molecule has 0 atom stereocenters. The van der Waals surface area contributed by atoms with Crippen molar-refractivity contribution >= 4 is 12.1 Å². The number of nitrogens with zero attached hydrogens (tertiary/aromatic N) is 1.